The number of nitrogens with one attached hydrogen (secondary N) is 2. The van der Waals surface area contributed by atoms with Crippen LogP contribution in [0.3, 0.4) is 0 Å². The van der Waals surface area contributed by atoms with Crippen LogP contribution in [-0.4, -0.2) is 42.3 Å². The van der Waals surface area contributed by atoms with Gasteiger partial charge >= 0.3 is 0 Å². The standard InChI is InChI=1S/C25H23N3O4S2/c1-16-7-8-17(13-21(16)27-25-28-22-14-34(30,31)15-23(22)33-25)24(29)26-18-9-11-20(12-10-18)32-19-5-3-2-4-6-19/h2-13,22-23H,14-15H2,1H3,(H,26,29)(H,27,28). The summed E-state index contributed by atoms with van der Waals surface area (Å²) in [6, 6.07) is 21.9. The number of fused-ring (bicyclic) bond motifs is 1. The van der Waals surface area contributed by atoms with E-state index < -0.39 is 9.84 Å². The van der Waals surface area contributed by atoms with Crippen molar-refractivity contribution in [3.63, 3.8) is 0 Å². The summed E-state index contributed by atoms with van der Waals surface area (Å²) in [5.74, 6) is 1.46. The molecule has 2 N–H and O–H groups in total. The molecule has 0 saturated carbocycles. The number of aliphatic imine (C=N–C) groups is 1. The third-order valence-corrected chi connectivity index (χ3v) is 8.79. The molecule has 9 heteroatoms. The molecule has 5 rings (SSSR count). The molecule has 2 unspecified atom stereocenters. The first-order valence-electron chi connectivity index (χ1n) is 10.8. The summed E-state index contributed by atoms with van der Waals surface area (Å²) in [4.78, 5) is 17.4. The molecule has 2 heterocycles. The van der Waals surface area contributed by atoms with Crippen LogP contribution >= 0.6 is 11.8 Å². The van der Waals surface area contributed by atoms with E-state index in [1.54, 1.807) is 36.4 Å². The topological polar surface area (TPSA) is 96.9 Å². The summed E-state index contributed by atoms with van der Waals surface area (Å²) in [5, 5.41) is 6.84. The number of benzene rings is 3. The summed E-state index contributed by atoms with van der Waals surface area (Å²) in [6.07, 6.45) is 0. The van der Waals surface area contributed by atoms with Crippen molar-refractivity contribution >= 4 is 44.0 Å². The first-order valence-corrected chi connectivity index (χ1v) is 13.5. The van der Waals surface area contributed by atoms with E-state index in [1.165, 1.54) is 11.8 Å². The Morgan fingerprint density at radius 1 is 1.00 bits per heavy atom. The fourth-order valence-corrected chi connectivity index (χ4v) is 7.53. The van der Waals surface area contributed by atoms with E-state index in [1.807, 2.05) is 43.3 Å². The van der Waals surface area contributed by atoms with Crippen LogP contribution < -0.4 is 15.4 Å². The fourth-order valence-electron chi connectivity index (χ4n) is 3.86. The van der Waals surface area contributed by atoms with E-state index in [2.05, 4.69) is 15.6 Å². The van der Waals surface area contributed by atoms with Gasteiger partial charge in [0.25, 0.3) is 5.91 Å². The molecule has 1 fully saturated rings. The number of carbonyl (C=O) groups is 1. The maximum absolute atomic E-state index is 12.8. The number of hydrogen-bond donors (Lipinski definition) is 2. The van der Waals surface area contributed by atoms with Crippen LogP contribution in [0, 0.1) is 6.92 Å². The van der Waals surface area contributed by atoms with E-state index >= 15 is 0 Å². The molecule has 0 radical (unpaired) electrons. The van der Waals surface area contributed by atoms with Gasteiger partial charge in [-0.3, -0.25) is 9.79 Å². The number of para-hydroxylation sites is 1. The second kappa shape index (κ2) is 9.15. The second-order valence-electron chi connectivity index (χ2n) is 8.28. The number of aryl methyl sites for hydroxylation is 1. The minimum absolute atomic E-state index is 0.0341. The molecule has 0 bridgehead atoms. The zero-order valence-corrected chi connectivity index (χ0v) is 20.0. The fraction of sp³-hybridized carbons (Fsp3) is 0.200. The molecular formula is C25H23N3O4S2. The van der Waals surface area contributed by atoms with E-state index in [-0.39, 0.29) is 28.7 Å². The van der Waals surface area contributed by atoms with Gasteiger partial charge in [0.05, 0.1) is 17.5 Å². The molecule has 2 aliphatic heterocycles. The Labute approximate surface area is 202 Å². The molecule has 174 valence electrons. The first-order chi connectivity index (χ1) is 16.3. The lowest BCUT2D eigenvalue weighted by Gasteiger charge is -2.12. The number of thioether (sulfide) groups is 1. The molecule has 0 aliphatic carbocycles. The van der Waals surface area contributed by atoms with Gasteiger partial charge in [0.15, 0.2) is 15.0 Å². The van der Waals surface area contributed by atoms with Crippen LogP contribution in [0.25, 0.3) is 0 Å². The summed E-state index contributed by atoms with van der Waals surface area (Å²) in [6.45, 7) is 1.95. The lowest BCUT2D eigenvalue weighted by atomic mass is 10.1. The Bertz CT molecular complexity index is 1360. The number of anilines is 2. The quantitative estimate of drug-likeness (QED) is 0.534. The highest BCUT2D eigenvalue weighted by Crippen LogP contribution is 2.35. The van der Waals surface area contributed by atoms with Crippen molar-refractivity contribution in [1.29, 1.82) is 0 Å². The maximum atomic E-state index is 12.8. The SMILES string of the molecule is Cc1ccc(C(=O)Nc2ccc(Oc3ccccc3)cc2)cc1NC1=NC2CS(=O)(=O)CC2S1. The molecule has 7 nitrogen and oxygen atoms in total. The first kappa shape index (κ1) is 22.5. The van der Waals surface area contributed by atoms with Crippen molar-refractivity contribution < 1.29 is 17.9 Å². The normalized spacial score (nSPS) is 20.3. The zero-order valence-electron chi connectivity index (χ0n) is 18.4. The van der Waals surface area contributed by atoms with Crippen LogP contribution in [0.5, 0.6) is 11.5 Å². The van der Waals surface area contributed by atoms with Crippen LogP contribution in [0.1, 0.15) is 15.9 Å². The smallest absolute Gasteiger partial charge is 0.255 e. The molecule has 1 saturated heterocycles. The number of amides is 1. The third-order valence-electron chi connectivity index (χ3n) is 5.65. The number of nitrogens with zero attached hydrogens (tertiary/aromatic N) is 1. The van der Waals surface area contributed by atoms with E-state index in [9.17, 15) is 13.2 Å². The van der Waals surface area contributed by atoms with Crippen LogP contribution in [0.4, 0.5) is 11.4 Å². The van der Waals surface area contributed by atoms with Gasteiger partial charge in [-0.2, -0.15) is 0 Å². The predicted molar refractivity (Wildman–Crippen MR) is 137 cm³/mol. The average Bonchev–Trinajstić information content (AvgIpc) is 3.29. The maximum Gasteiger partial charge on any atom is 0.255 e. The Morgan fingerprint density at radius 2 is 1.74 bits per heavy atom. The van der Waals surface area contributed by atoms with Gasteiger partial charge in [-0.05, 0) is 61.0 Å². The van der Waals surface area contributed by atoms with Crippen LogP contribution in [0.2, 0.25) is 0 Å². The highest BCUT2D eigenvalue weighted by atomic mass is 32.2. The van der Waals surface area contributed by atoms with Crippen molar-refractivity contribution in [3.8, 4) is 11.5 Å². The minimum Gasteiger partial charge on any atom is -0.457 e. The number of rotatable bonds is 5. The molecule has 34 heavy (non-hydrogen) atoms. The van der Waals surface area contributed by atoms with E-state index in [0.717, 1.165) is 17.0 Å². The number of sulfone groups is 1. The highest BCUT2D eigenvalue weighted by molar-refractivity contribution is 8.15. The molecule has 2 atom stereocenters. The molecule has 0 aromatic heterocycles. The summed E-state index contributed by atoms with van der Waals surface area (Å²) < 4.78 is 29.3. The Hall–Kier alpha value is -3.30. The van der Waals surface area contributed by atoms with Crippen molar-refractivity contribution in [1.82, 2.24) is 0 Å². The van der Waals surface area contributed by atoms with Crippen molar-refractivity contribution in [3.05, 3.63) is 83.9 Å². The molecule has 2 aliphatic rings. The number of carbonyl (C=O) groups excluding carboxylic acids is 1. The van der Waals surface area contributed by atoms with E-state index in [4.69, 9.17) is 4.74 Å². The molecular weight excluding hydrogens is 470 g/mol. The van der Waals surface area contributed by atoms with Crippen LogP contribution in [0.15, 0.2) is 77.8 Å². The van der Waals surface area contributed by atoms with Gasteiger partial charge in [-0.25, -0.2) is 8.42 Å². The molecule has 0 spiro atoms. The summed E-state index contributed by atoms with van der Waals surface area (Å²) in [7, 11) is -2.99. The molecule has 3 aromatic carbocycles. The van der Waals surface area contributed by atoms with Crippen molar-refractivity contribution in [2.24, 2.45) is 4.99 Å². The Balaban J connectivity index is 1.24. The monoisotopic (exact) mass is 493 g/mol. The third kappa shape index (κ3) is 5.10. The zero-order chi connectivity index (χ0) is 23.7. The van der Waals surface area contributed by atoms with Gasteiger partial charge in [0, 0.05) is 22.2 Å². The Kier molecular flexibility index (Phi) is 6.05. The average molecular weight is 494 g/mol. The molecule has 3 aromatic rings. The Morgan fingerprint density at radius 3 is 2.47 bits per heavy atom. The van der Waals surface area contributed by atoms with Gasteiger partial charge < -0.3 is 15.4 Å². The molecule has 1 amide bonds. The van der Waals surface area contributed by atoms with Gasteiger partial charge in [-0.1, -0.05) is 36.0 Å². The van der Waals surface area contributed by atoms with Crippen molar-refractivity contribution in [2.45, 2.75) is 18.2 Å². The minimum atomic E-state index is -2.99. The summed E-state index contributed by atoms with van der Waals surface area (Å²) >= 11 is 1.45. The van der Waals surface area contributed by atoms with Crippen LogP contribution in [-0.2, 0) is 9.84 Å². The number of hydrogen-bond acceptors (Lipinski definition) is 7. The summed E-state index contributed by atoms with van der Waals surface area (Å²) in [5.41, 5.74) is 2.90. The van der Waals surface area contributed by atoms with Gasteiger partial charge in [-0.15, -0.1) is 0 Å². The van der Waals surface area contributed by atoms with Gasteiger partial charge in [0.2, 0.25) is 0 Å². The lowest BCUT2D eigenvalue weighted by molar-refractivity contribution is 0.102. The number of amidine groups is 1. The largest absolute Gasteiger partial charge is 0.457 e. The highest BCUT2D eigenvalue weighted by Gasteiger charge is 2.42. The van der Waals surface area contributed by atoms with Crippen molar-refractivity contribution in [2.75, 3.05) is 22.1 Å². The predicted octanol–water partition coefficient (Wildman–Crippen LogP) is 4.72. The van der Waals surface area contributed by atoms with Gasteiger partial charge in [0.1, 0.15) is 11.5 Å². The van der Waals surface area contributed by atoms with E-state index in [0.29, 0.717) is 22.2 Å². The number of ether oxygens (including phenoxy) is 1. The second-order valence-corrected chi connectivity index (χ2v) is 11.7. The lowest BCUT2D eigenvalue weighted by Crippen LogP contribution is -2.14.